The van der Waals surface area contributed by atoms with Crippen LogP contribution in [0, 0.1) is 0 Å². The van der Waals surface area contributed by atoms with E-state index in [0.717, 1.165) is 6.42 Å². The van der Waals surface area contributed by atoms with Crippen LogP contribution in [0.1, 0.15) is 35.2 Å². The molecular formula is C12H13ClO2. The lowest BCUT2D eigenvalue weighted by molar-refractivity contribution is 0.0526. The lowest BCUT2D eigenvalue weighted by Gasteiger charge is -2.02. The minimum atomic E-state index is -0.262. The van der Waals surface area contributed by atoms with Crippen LogP contribution in [0.25, 0.3) is 0 Å². The van der Waals surface area contributed by atoms with Crippen LogP contribution in [0.15, 0.2) is 24.3 Å². The summed E-state index contributed by atoms with van der Waals surface area (Å²) in [6, 6.07) is 7.52. The van der Waals surface area contributed by atoms with E-state index in [1.54, 1.807) is 19.1 Å². The van der Waals surface area contributed by atoms with Gasteiger partial charge in [-0.15, -0.1) is 11.6 Å². The Morgan fingerprint density at radius 1 is 1.47 bits per heavy atom. The summed E-state index contributed by atoms with van der Waals surface area (Å²) in [7, 11) is 0. The maximum Gasteiger partial charge on any atom is 0.338 e. The van der Waals surface area contributed by atoms with Gasteiger partial charge in [0.15, 0.2) is 0 Å². The molecular weight excluding hydrogens is 212 g/mol. The molecule has 0 heterocycles. The first-order chi connectivity index (χ1) is 7.22. The molecule has 0 saturated heterocycles. The second-order valence-electron chi connectivity index (χ2n) is 3.70. The third-order valence-electron chi connectivity index (χ3n) is 2.56. The molecule has 0 unspecified atom stereocenters. The molecule has 0 bridgehead atoms. The number of carbonyl (C=O) groups is 1. The predicted octanol–water partition coefficient (Wildman–Crippen LogP) is 2.96. The van der Waals surface area contributed by atoms with Gasteiger partial charge < -0.3 is 4.74 Å². The highest BCUT2D eigenvalue weighted by Gasteiger charge is 2.36. The summed E-state index contributed by atoms with van der Waals surface area (Å²) in [6.45, 7) is 2.21. The van der Waals surface area contributed by atoms with Crippen molar-refractivity contribution in [2.45, 2.75) is 24.6 Å². The normalized spacial score (nSPS) is 23.6. The topological polar surface area (TPSA) is 26.3 Å². The maximum atomic E-state index is 11.4. The summed E-state index contributed by atoms with van der Waals surface area (Å²) in [5, 5.41) is 0.276. The zero-order valence-electron chi connectivity index (χ0n) is 8.57. The van der Waals surface area contributed by atoms with Gasteiger partial charge in [0.05, 0.1) is 12.2 Å². The van der Waals surface area contributed by atoms with Gasteiger partial charge in [0.25, 0.3) is 0 Å². The highest BCUT2D eigenvalue weighted by atomic mass is 35.5. The average Bonchev–Trinajstić information content (AvgIpc) is 2.96. The Balaban J connectivity index is 2.07. The molecule has 2 nitrogen and oxygen atoms in total. The Morgan fingerprint density at radius 3 is 2.53 bits per heavy atom. The Hall–Kier alpha value is -1.02. The van der Waals surface area contributed by atoms with E-state index in [1.165, 1.54) is 5.56 Å². The van der Waals surface area contributed by atoms with E-state index in [2.05, 4.69) is 0 Å². The van der Waals surface area contributed by atoms with Gasteiger partial charge in [-0.05, 0) is 31.0 Å². The monoisotopic (exact) mass is 224 g/mol. The van der Waals surface area contributed by atoms with Crippen LogP contribution in [-0.4, -0.2) is 18.0 Å². The van der Waals surface area contributed by atoms with E-state index in [0.29, 0.717) is 18.1 Å². The van der Waals surface area contributed by atoms with Gasteiger partial charge in [0.2, 0.25) is 0 Å². The summed E-state index contributed by atoms with van der Waals surface area (Å²) in [5.74, 6) is 0.213. The number of hydrogen-bond acceptors (Lipinski definition) is 2. The standard InChI is InChI=1S/C12H13ClO2/c1-2-15-12(14)9-5-3-8(4-6-9)10-7-11(10)13/h3-6,10-11H,2,7H2,1H3/t10-,11-/m1/s1. The minimum absolute atomic E-state index is 0.262. The fourth-order valence-electron chi connectivity index (χ4n) is 1.59. The Labute approximate surface area is 94.2 Å². The predicted molar refractivity (Wildman–Crippen MR) is 59.4 cm³/mol. The fourth-order valence-corrected chi connectivity index (χ4v) is 1.93. The number of benzene rings is 1. The van der Waals surface area contributed by atoms with Crippen molar-refractivity contribution in [2.75, 3.05) is 6.61 Å². The molecule has 15 heavy (non-hydrogen) atoms. The van der Waals surface area contributed by atoms with E-state index >= 15 is 0 Å². The van der Waals surface area contributed by atoms with Crippen LogP contribution in [-0.2, 0) is 4.74 Å². The minimum Gasteiger partial charge on any atom is -0.462 e. The van der Waals surface area contributed by atoms with Crippen molar-refractivity contribution in [1.82, 2.24) is 0 Å². The lowest BCUT2D eigenvalue weighted by Crippen LogP contribution is -2.04. The molecule has 0 aliphatic heterocycles. The Kier molecular flexibility index (Phi) is 2.96. The summed E-state index contributed by atoms with van der Waals surface area (Å²) in [6.07, 6.45) is 1.04. The highest BCUT2D eigenvalue weighted by molar-refractivity contribution is 6.23. The van der Waals surface area contributed by atoms with Gasteiger partial charge in [0.1, 0.15) is 0 Å². The number of halogens is 1. The molecule has 0 spiro atoms. The molecule has 1 aromatic rings. The molecule has 3 heteroatoms. The van der Waals surface area contributed by atoms with Gasteiger partial charge in [-0.1, -0.05) is 12.1 Å². The van der Waals surface area contributed by atoms with Crippen molar-refractivity contribution in [3.05, 3.63) is 35.4 Å². The first-order valence-electron chi connectivity index (χ1n) is 5.13. The van der Waals surface area contributed by atoms with Gasteiger partial charge in [-0.2, -0.15) is 0 Å². The molecule has 1 saturated carbocycles. The van der Waals surface area contributed by atoms with Gasteiger partial charge in [-0.25, -0.2) is 4.79 Å². The zero-order chi connectivity index (χ0) is 10.8. The van der Waals surface area contributed by atoms with Crippen LogP contribution in [0.5, 0.6) is 0 Å². The molecule has 1 fully saturated rings. The first kappa shape index (κ1) is 10.5. The van der Waals surface area contributed by atoms with Crippen LogP contribution < -0.4 is 0 Å². The number of carbonyl (C=O) groups excluding carboxylic acids is 1. The van der Waals surface area contributed by atoms with Crippen LogP contribution in [0.4, 0.5) is 0 Å². The molecule has 80 valence electrons. The summed E-state index contributed by atoms with van der Waals surface area (Å²) < 4.78 is 4.90. The third-order valence-corrected chi connectivity index (χ3v) is 3.04. The summed E-state index contributed by atoms with van der Waals surface area (Å²) in [4.78, 5) is 11.4. The number of esters is 1. The van der Waals surface area contributed by atoms with Crippen LogP contribution in [0.3, 0.4) is 0 Å². The molecule has 0 aromatic heterocycles. The fraction of sp³-hybridized carbons (Fsp3) is 0.417. The summed E-state index contributed by atoms with van der Waals surface area (Å²) >= 11 is 5.95. The van der Waals surface area contributed by atoms with E-state index in [1.807, 2.05) is 12.1 Å². The van der Waals surface area contributed by atoms with E-state index < -0.39 is 0 Å². The van der Waals surface area contributed by atoms with E-state index in [-0.39, 0.29) is 11.3 Å². The second kappa shape index (κ2) is 4.23. The number of hydrogen-bond donors (Lipinski definition) is 0. The van der Waals surface area contributed by atoms with Crippen molar-refractivity contribution in [3.63, 3.8) is 0 Å². The largest absolute Gasteiger partial charge is 0.462 e. The zero-order valence-corrected chi connectivity index (χ0v) is 9.33. The van der Waals surface area contributed by atoms with Gasteiger partial charge in [-0.3, -0.25) is 0 Å². The molecule has 2 rings (SSSR count). The molecule has 1 aliphatic rings. The number of ether oxygens (including phenoxy) is 1. The van der Waals surface area contributed by atoms with E-state index in [9.17, 15) is 4.79 Å². The van der Waals surface area contributed by atoms with Crippen molar-refractivity contribution < 1.29 is 9.53 Å². The highest BCUT2D eigenvalue weighted by Crippen LogP contribution is 2.45. The SMILES string of the molecule is CCOC(=O)c1ccc([C@H]2C[C@H]2Cl)cc1. The summed E-state index contributed by atoms with van der Waals surface area (Å²) in [5.41, 5.74) is 1.82. The smallest absolute Gasteiger partial charge is 0.338 e. The lowest BCUT2D eigenvalue weighted by atomic mass is 10.1. The van der Waals surface area contributed by atoms with Crippen molar-refractivity contribution in [2.24, 2.45) is 0 Å². The molecule has 2 atom stereocenters. The number of alkyl halides is 1. The quantitative estimate of drug-likeness (QED) is 0.583. The van der Waals surface area contributed by atoms with Crippen molar-refractivity contribution in [1.29, 1.82) is 0 Å². The molecule has 1 aromatic carbocycles. The first-order valence-corrected chi connectivity index (χ1v) is 5.57. The number of rotatable bonds is 3. The van der Waals surface area contributed by atoms with Crippen LogP contribution >= 0.6 is 11.6 Å². The van der Waals surface area contributed by atoms with Crippen LogP contribution in [0.2, 0.25) is 0 Å². The van der Waals surface area contributed by atoms with Crippen molar-refractivity contribution in [3.8, 4) is 0 Å². The average molecular weight is 225 g/mol. The second-order valence-corrected chi connectivity index (χ2v) is 4.26. The molecule has 1 aliphatic carbocycles. The Bertz CT molecular complexity index is 358. The third kappa shape index (κ3) is 2.32. The van der Waals surface area contributed by atoms with Crippen molar-refractivity contribution >= 4 is 17.6 Å². The van der Waals surface area contributed by atoms with Gasteiger partial charge in [0, 0.05) is 11.3 Å². The maximum absolute atomic E-state index is 11.4. The molecule has 0 amide bonds. The molecule has 0 N–H and O–H groups in total. The Morgan fingerprint density at radius 2 is 2.07 bits per heavy atom. The van der Waals surface area contributed by atoms with E-state index in [4.69, 9.17) is 16.3 Å². The molecule has 0 radical (unpaired) electrons. The van der Waals surface area contributed by atoms with Gasteiger partial charge >= 0.3 is 5.97 Å².